The molecule has 0 unspecified atom stereocenters. The van der Waals surface area contributed by atoms with Gasteiger partial charge in [-0.05, 0) is 23.4 Å². The highest BCUT2D eigenvalue weighted by molar-refractivity contribution is 7.23. The molecule has 0 aliphatic rings. The normalized spacial score (nSPS) is 10.7. The van der Waals surface area contributed by atoms with Crippen LogP contribution in [0.3, 0.4) is 0 Å². The molecule has 2 nitrogen and oxygen atoms in total. The van der Waals surface area contributed by atoms with Gasteiger partial charge in [0, 0.05) is 0 Å². The summed E-state index contributed by atoms with van der Waals surface area (Å²) >= 11 is 1.59. The van der Waals surface area contributed by atoms with Crippen LogP contribution in [-0.4, -0.2) is 7.11 Å². The summed E-state index contributed by atoms with van der Waals surface area (Å²) in [5.74, 6) is 0.978. The van der Waals surface area contributed by atoms with Gasteiger partial charge < -0.3 is 10.5 Å². The average molecular weight is 207 g/mol. The highest BCUT2D eigenvalue weighted by Crippen LogP contribution is 2.37. The summed E-state index contributed by atoms with van der Waals surface area (Å²) in [7, 11) is 1.71. The third-order valence-corrected chi connectivity index (χ3v) is 3.31. The molecule has 1 heterocycles. The van der Waals surface area contributed by atoms with E-state index >= 15 is 0 Å². The second kappa shape index (κ2) is 3.50. The zero-order chi connectivity index (χ0) is 10.1. The van der Waals surface area contributed by atoms with Crippen LogP contribution >= 0.6 is 11.3 Å². The lowest BCUT2D eigenvalue weighted by Gasteiger charge is -2.06. The maximum Gasteiger partial charge on any atom is 0.139 e. The summed E-state index contributed by atoms with van der Waals surface area (Å²) < 4.78 is 6.57. The van der Waals surface area contributed by atoms with Crippen LogP contribution in [0.15, 0.2) is 18.2 Å². The number of nitrogen functional groups attached to an aromatic ring is 1. The molecule has 2 rings (SSSR count). The van der Waals surface area contributed by atoms with Crippen molar-refractivity contribution in [3.05, 3.63) is 23.8 Å². The SMILES string of the molecule is CCc1ccc2cc(N)sc2c1OC. The Labute approximate surface area is 87.3 Å². The Bertz CT molecular complexity index is 462. The number of aryl methyl sites for hydroxylation is 1. The standard InChI is InChI=1S/C11H13NOS/c1-3-7-4-5-8-6-9(12)14-11(8)10(7)13-2/h4-6H,3,12H2,1-2H3. The molecule has 0 saturated carbocycles. The van der Waals surface area contributed by atoms with Crippen LogP contribution in [0.25, 0.3) is 10.1 Å². The van der Waals surface area contributed by atoms with Crippen molar-refractivity contribution in [3.8, 4) is 5.75 Å². The molecule has 0 bridgehead atoms. The number of hydrogen-bond acceptors (Lipinski definition) is 3. The van der Waals surface area contributed by atoms with E-state index in [0.29, 0.717) is 0 Å². The molecular formula is C11H13NOS. The molecule has 0 fully saturated rings. The molecule has 0 atom stereocenters. The maximum atomic E-state index is 5.77. The van der Waals surface area contributed by atoms with Gasteiger partial charge in [0.2, 0.25) is 0 Å². The molecule has 0 saturated heterocycles. The average Bonchev–Trinajstić information content (AvgIpc) is 2.56. The lowest BCUT2D eigenvalue weighted by molar-refractivity contribution is 0.416. The molecule has 0 aliphatic carbocycles. The first kappa shape index (κ1) is 9.34. The second-order valence-electron chi connectivity index (χ2n) is 3.18. The van der Waals surface area contributed by atoms with Crippen molar-refractivity contribution in [1.29, 1.82) is 0 Å². The monoisotopic (exact) mass is 207 g/mol. The Kier molecular flexibility index (Phi) is 2.33. The number of rotatable bonds is 2. The summed E-state index contributed by atoms with van der Waals surface area (Å²) in [6.07, 6.45) is 0.983. The van der Waals surface area contributed by atoms with Crippen LogP contribution in [0.5, 0.6) is 5.75 Å². The highest BCUT2D eigenvalue weighted by Gasteiger charge is 2.09. The Morgan fingerprint density at radius 3 is 2.86 bits per heavy atom. The van der Waals surface area contributed by atoms with Crippen LogP contribution in [0.4, 0.5) is 5.00 Å². The molecule has 0 spiro atoms. The van der Waals surface area contributed by atoms with E-state index < -0.39 is 0 Å². The van der Waals surface area contributed by atoms with E-state index in [1.165, 1.54) is 10.9 Å². The molecule has 0 radical (unpaired) electrons. The van der Waals surface area contributed by atoms with Crippen molar-refractivity contribution in [2.24, 2.45) is 0 Å². The van der Waals surface area contributed by atoms with Gasteiger partial charge in [0.15, 0.2) is 0 Å². The molecule has 3 heteroatoms. The van der Waals surface area contributed by atoms with Gasteiger partial charge in [-0.3, -0.25) is 0 Å². The van der Waals surface area contributed by atoms with Gasteiger partial charge in [-0.15, -0.1) is 11.3 Å². The van der Waals surface area contributed by atoms with Crippen molar-refractivity contribution >= 4 is 26.4 Å². The lowest BCUT2D eigenvalue weighted by Crippen LogP contribution is -1.89. The Morgan fingerprint density at radius 1 is 1.43 bits per heavy atom. The molecule has 0 amide bonds. The molecular weight excluding hydrogens is 194 g/mol. The van der Waals surface area contributed by atoms with Gasteiger partial charge in [0.25, 0.3) is 0 Å². The predicted octanol–water partition coefficient (Wildman–Crippen LogP) is 3.05. The molecule has 0 aliphatic heterocycles. The highest BCUT2D eigenvalue weighted by atomic mass is 32.1. The van der Waals surface area contributed by atoms with E-state index in [0.717, 1.165) is 21.9 Å². The van der Waals surface area contributed by atoms with E-state index in [1.54, 1.807) is 18.4 Å². The lowest BCUT2D eigenvalue weighted by atomic mass is 10.1. The number of hydrogen-bond donors (Lipinski definition) is 1. The first-order chi connectivity index (χ1) is 6.76. The summed E-state index contributed by atoms with van der Waals surface area (Å²) in [5.41, 5.74) is 7.01. The zero-order valence-electron chi connectivity index (χ0n) is 8.33. The molecule has 14 heavy (non-hydrogen) atoms. The smallest absolute Gasteiger partial charge is 0.139 e. The first-order valence-electron chi connectivity index (χ1n) is 4.61. The van der Waals surface area contributed by atoms with Gasteiger partial charge in [-0.1, -0.05) is 19.1 Å². The number of benzene rings is 1. The van der Waals surface area contributed by atoms with E-state index in [9.17, 15) is 0 Å². The van der Waals surface area contributed by atoms with Crippen LogP contribution in [0.2, 0.25) is 0 Å². The minimum atomic E-state index is 0.839. The zero-order valence-corrected chi connectivity index (χ0v) is 9.15. The Morgan fingerprint density at radius 2 is 2.21 bits per heavy atom. The Balaban J connectivity index is 2.75. The fraction of sp³-hybridized carbons (Fsp3) is 0.273. The summed E-state index contributed by atoms with van der Waals surface area (Å²) in [4.78, 5) is 0. The summed E-state index contributed by atoms with van der Waals surface area (Å²) in [6.45, 7) is 2.13. The molecule has 74 valence electrons. The largest absolute Gasteiger partial charge is 0.495 e. The number of nitrogens with two attached hydrogens (primary N) is 1. The molecule has 2 N–H and O–H groups in total. The third-order valence-electron chi connectivity index (χ3n) is 2.33. The fourth-order valence-corrected chi connectivity index (χ4v) is 2.61. The van der Waals surface area contributed by atoms with Crippen molar-refractivity contribution in [3.63, 3.8) is 0 Å². The van der Waals surface area contributed by atoms with Crippen LogP contribution in [0, 0.1) is 0 Å². The van der Waals surface area contributed by atoms with Gasteiger partial charge in [0.1, 0.15) is 5.75 Å². The Hall–Kier alpha value is -1.22. The van der Waals surface area contributed by atoms with Crippen molar-refractivity contribution in [1.82, 2.24) is 0 Å². The topological polar surface area (TPSA) is 35.2 Å². The number of thiophene rings is 1. The summed E-state index contributed by atoms with van der Waals surface area (Å²) in [6, 6.07) is 6.19. The minimum Gasteiger partial charge on any atom is -0.495 e. The summed E-state index contributed by atoms with van der Waals surface area (Å²) in [5, 5.41) is 2.01. The number of ether oxygens (including phenoxy) is 1. The van der Waals surface area contributed by atoms with Crippen LogP contribution < -0.4 is 10.5 Å². The van der Waals surface area contributed by atoms with Gasteiger partial charge in [-0.25, -0.2) is 0 Å². The van der Waals surface area contributed by atoms with E-state index in [1.807, 2.05) is 6.07 Å². The fourth-order valence-electron chi connectivity index (χ4n) is 1.64. The van der Waals surface area contributed by atoms with E-state index in [4.69, 9.17) is 10.5 Å². The molecule has 1 aromatic heterocycles. The van der Waals surface area contributed by atoms with Crippen molar-refractivity contribution in [2.75, 3.05) is 12.8 Å². The first-order valence-corrected chi connectivity index (χ1v) is 5.42. The molecule has 2 aromatic rings. The van der Waals surface area contributed by atoms with Gasteiger partial charge in [0.05, 0.1) is 16.8 Å². The van der Waals surface area contributed by atoms with E-state index in [-0.39, 0.29) is 0 Å². The predicted molar refractivity (Wildman–Crippen MR) is 62.2 cm³/mol. The van der Waals surface area contributed by atoms with Crippen molar-refractivity contribution < 1.29 is 4.74 Å². The maximum absolute atomic E-state index is 5.77. The molecule has 1 aromatic carbocycles. The van der Waals surface area contributed by atoms with Crippen LogP contribution in [0.1, 0.15) is 12.5 Å². The van der Waals surface area contributed by atoms with Crippen LogP contribution in [-0.2, 0) is 6.42 Å². The van der Waals surface area contributed by atoms with Crippen molar-refractivity contribution in [2.45, 2.75) is 13.3 Å². The quantitative estimate of drug-likeness (QED) is 0.821. The van der Waals surface area contributed by atoms with Gasteiger partial charge >= 0.3 is 0 Å². The number of anilines is 1. The third kappa shape index (κ3) is 1.34. The second-order valence-corrected chi connectivity index (χ2v) is 4.26. The number of methoxy groups -OCH3 is 1. The van der Waals surface area contributed by atoms with Gasteiger partial charge in [-0.2, -0.15) is 0 Å². The minimum absolute atomic E-state index is 0.839. The van der Waals surface area contributed by atoms with E-state index in [2.05, 4.69) is 19.1 Å². The number of fused-ring (bicyclic) bond motifs is 1.